The second kappa shape index (κ2) is 8.46. The minimum atomic E-state index is -0.889. The van der Waals surface area contributed by atoms with Gasteiger partial charge in [0.1, 0.15) is 36.0 Å². The summed E-state index contributed by atoms with van der Waals surface area (Å²) >= 11 is 0. The molecule has 30 heavy (non-hydrogen) atoms. The number of rotatable bonds is 7. The SMILES string of the molecule is CCc1cccc(OC[C@H](O)Cn2cnc3c(cnn3-c3ccc(F)cc3)c2=O)c1. The summed E-state index contributed by atoms with van der Waals surface area (Å²) in [6, 6.07) is 13.4. The molecule has 0 aliphatic carbocycles. The van der Waals surface area contributed by atoms with Gasteiger partial charge < -0.3 is 9.84 Å². The van der Waals surface area contributed by atoms with Crippen LogP contribution in [-0.2, 0) is 13.0 Å². The molecule has 0 aliphatic heterocycles. The van der Waals surface area contributed by atoms with Crippen molar-refractivity contribution in [3.05, 3.63) is 82.8 Å². The van der Waals surface area contributed by atoms with E-state index in [9.17, 15) is 14.3 Å². The zero-order valence-corrected chi connectivity index (χ0v) is 16.4. The molecule has 7 nitrogen and oxygen atoms in total. The molecule has 0 unspecified atom stereocenters. The number of aryl methyl sites for hydroxylation is 1. The van der Waals surface area contributed by atoms with Gasteiger partial charge in [0.05, 0.1) is 18.4 Å². The molecule has 8 heteroatoms. The van der Waals surface area contributed by atoms with Crippen molar-refractivity contribution in [1.29, 1.82) is 0 Å². The van der Waals surface area contributed by atoms with Crippen molar-refractivity contribution < 1.29 is 14.2 Å². The van der Waals surface area contributed by atoms with Gasteiger partial charge in [0.2, 0.25) is 0 Å². The number of aliphatic hydroxyl groups excluding tert-OH is 1. The third-order valence-electron chi connectivity index (χ3n) is 4.78. The summed E-state index contributed by atoms with van der Waals surface area (Å²) in [7, 11) is 0. The lowest BCUT2D eigenvalue weighted by Crippen LogP contribution is -2.30. The number of aliphatic hydroxyl groups is 1. The Morgan fingerprint density at radius 2 is 2.00 bits per heavy atom. The van der Waals surface area contributed by atoms with Crippen LogP contribution in [0.2, 0.25) is 0 Å². The third kappa shape index (κ3) is 4.08. The average molecular weight is 408 g/mol. The Balaban J connectivity index is 1.50. The standard InChI is InChI=1S/C22H21FN4O3/c1-2-15-4-3-5-19(10-15)30-13-18(28)12-26-14-24-21-20(22(26)29)11-25-27(21)17-8-6-16(23)7-9-17/h3-11,14,18,28H,2,12-13H2,1H3/t18-/m1/s1. The highest BCUT2D eigenvalue weighted by atomic mass is 19.1. The molecule has 1 atom stereocenters. The van der Waals surface area contributed by atoms with E-state index in [0.717, 1.165) is 12.0 Å². The maximum absolute atomic E-state index is 13.2. The highest BCUT2D eigenvalue weighted by molar-refractivity contribution is 5.74. The first-order valence-corrected chi connectivity index (χ1v) is 9.64. The number of halogens is 1. The summed E-state index contributed by atoms with van der Waals surface area (Å²) in [5.41, 5.74) is 1.79. The van der Waals surface area contributed by atoms with Gasteiger partial charge in [-0.1, -0.05) is 19.1 Å². The molecular weight excluding hydrogens is 387 g/mol. The number of fused-ring (bicyclic) bond motifs is 1. The van der Waals surface area contributed by atoms with E-state index in [-0.39, 0.29) is 24.5 Å². The van der Waals surface area contributed by atoms with E-state index in [0.29, 0.717) is 22.5 Å². The molecular formula is C22H21FN4O3. The van der Waals surface area contributed by atoms with Crippen molar-refractivity contribution in [3.63, 3.8) is 0 Å². The maximum atomic E-state index is 13.2. The van der Waals surface area contributed by atoms with Crippen molar-refractivity contribution >= 4 is 11.0 Å². The van der Waals surface area contributed by atoms with Crippen LogP contribution in [0.15, 0.2) is 65.8 Å². The highest BCUT2D eigenvalue weighted by Gasteiger charge is 2.14. The van der Waals surface area contributed by atoms with Gasteiger partial charge in [-0.05, 0) is 48.4 Å². The van der Waals surface area contributed by atoms with Crippen LogP contribution in [0.5, 0.6) is 5.75 Å². The Kier molecular flexibility index (Phi) is 5.58. The van der Waals surface area contributed by atoms with E-state index in [2.05, 4.69) is 17.0 Å². The normalized spacial score (nSPS) is 12.2. The summed E-state index contributed by atoms with van der Waals surface area (Å²) < 4.78 is 21.6. The fourth-order valence-corrected chi connectivity index (χ4v) is 3.18. The first-order valence-electron chi connectivity index (χ1n) is 9.64. The minimum absolute atomic E-state index is 0.0387. The molecule has 0 bridgehead atoms. The molecule has 0 saturated carbocycles. The second-order valence-electron chi connectivity index (χ2n) is 6.94. The zero-order chi connectivity index (χ0) is 21.1. The molecule has 0 aliphatic rings. The molecule has 0 fully saturated rings. The maximum Gasteiger partial charge on any atom is 0.264 e. The quantitative estimate of drug-likeness (QED) is 0.509. The molecule has 0 saturated heterocycles. The second-order valence-corrected chi connectivity index (χ2v) is 6.94. The van der Waals surface area contributed by atoms with Gasteiger partial charge in [-0.3, -0.25) is 9.36 Å². The van der Waals surface area contributed by atoms with Gasteiger partial charge in [0.15, 0.2) is 5.65 Å². The predicted molar refractivity (Wildman–Crippen MR) is 110 cm³/mol. The molecule has 0 spiro atoms. The third-order valence-corrected chi connectivity index (χ3v) is 4.78. The van der Waals surface area contributed by atoms with E-state index in [4.69, 9.17) is 4.74 Å². The van der Waals surface area contributed by atoms with Crippen molar-refractivity contribution in [2.45, 2.75) is 26.0 Å². The monoisotopic (exact) mass is 408 g/mol. The van der Waals surface area contributed by atoms with Crippen molar-refractivity contribution in [1.82, 2.24) is 19.3 Å². The molecule has 4 rings (SSSR count). The lowest BCUT2D eigenvalue weighted by molar-refractivity contribution is 0.0914. The number of hydrogen-bond donors (Lipinski definition) is 1. The summed E-state index contributed by atoms with van der Waals surface area (Å²) in [4.78, 5) is 17.1. The Labute approximate surface area is 172 Å². The van der Waals surface area contributed by atoms with Crippen LogP contribution < -0.4 is 10.3 Å². The van der Waals surface area contributed by atoms with E-state index >= 15 is 0 Å². The largest absolute Gasteiger partial charge is 0.491 e. The number of benzene rings is 2. The highest BCUT2D eigenvalue weighted by Crippen LogP contribution is 2.15. The van der Waals surface area contributed by atoms with Gasteiger partial charge in [-0.2, -0.15) is 5.10 Å². The Morgan fingerprint density at radius 3 is 2.77 bits per heavy atom. The van der Waals surface area contributed by atoms with E-state index in [1.54, 1.807) is 12.1 Å². The Hall–Kier alpha value is -3.52. The lowest BCUT2D eigenvalue weighted by atomic mass is 10.2. The Bertz CT molecular complexity index is 1220. The minimum Gasteiger partial charge on any atom is -0.491 e. The summed E-state index contributed by atoms with van der Waals surface area (Å²) in [5, 5.41) is 14.8. The average Bonchev–Trinajstić information content (AvgIpc) is 3.20. The van der Waals surface area contributed by atoms with Crippen LogP contribution in [0.3, 0.4) is 0 Å². The molecule has 0 amide bonds. The van der Waals surface area contributed by atoms with Crippen LogP contribution in [0.25, 0.3) is 16.7 Å². The van der Waals surface area contributed by atoms with Gasteiger partial charge in [-0.15, -0.1) is 0 Å². The van der Waals surface area contributed by atoms with Crippen LogP contribution in [0.1, 0.15) is 12.5 Å². The lowest BCUT2D eigenvalue weighted by Gasteiger charge is -2.14. The first-order chi connectivity index (χ1) is 14.5. The number of ether oxygens (including phenoxy) is 1. The van der Waals surface area contributed by atoms with Gasteiger partial charge in [0.25, 0.3) is 5.56 Å². The molecule has 1 N–H and O–H groups in total. The van der Waals surface area contributed by atoms with Gasteiger partial charge >= 0.3 is 0 Å². The molecule has 0 radical (unpaired) electrons. The van der Waals surface area contributed by atoms with E-state index in [1.807, 2.05) is 24.3 Å². The number of aromatic nitrogens is 4. The van der Waals surface area contributed by atoms with Crippen molar-refractivity contribution in [2.75, 3.05) is 6.61 Å². The van der Waals surface area contributed by atoms with Crippen molar-refractivity contribution in [2.24, 2.45) is 0 Å². The molecule has 154 valence electrons. The van der Waals surface area contributed by atoms with Crippen LogP contribution in [-0.4, -0.2) is 37.1 Å². The summed E-state index contributed by atoms with van der Waals surface area (Å²) in [5.74, 6) is 0.318. The van der Waals surface area contributed by atoms with E-state index in [1.165, 1.54) is 33.9 Å². The number of hydrogen-bond acceptors (Lipinski definition) is 5. The van der Waals surface area contributed by atoms with Gasteiger partial charge in [-0.25, -0.2) is 14.1 Å². The van der Waals surface area contributed by atoms with Gasteiger partial charge in [0, 0.05) is 0 Å². The van der Waals surface area contributed by atoms with E-state index < -0.39 is 6.10 Å². The number of nitrogens with zero attached hydrogens (tertiary/aromatic N) is 4. The summed E-state index contributed by atoms with van der Waals surface area (Å²) in [6.07, 6.45) is 2.79. The molecule has 2 heterocycles. The zero-order valence-electron chi connectivity index (χ0n) is 16.4. The van der Waals surface area contributed by atoms with Crippen LogP contribution >= 0.6 is 0 Å². The fraction of sp³-hybridized carbons (Fsp3) is 0.227. The fourth-order valence-electron chi connectivity index (χ4n) is 3.18. The molecule has 4 aromatic rings. The molecule has 2 aromatic carbocycles. The predicted octanol–water partition coefficient (Wildman–Crippen LogP) is 2.72. The van der Waals surface area contributed by atoms with Crippen LogP contribution in [0, 0.1) is 5.82 Å². The smallest absolute Gasteiger partial charge is 0.264 e. The molecule has 2 aromatic heterocycles. The first kappa shape index (κ1) is 19.8. The van der Waals surface area contributed by atoms with Crippen molar-refractivity contribution in [3.8, 4) is 11.4 Å². The van der Waals surface area contributed by atoms with Crippen LogP contribution in [0.4, 0.5) is 4.39 Å². The summed E-state index contributed by atoms with van der Waals surface area (Å²) in [6.45, 7) is 2.14. The topological polar surface area (TPSA) is 82.2 Å². The Morgan fingerprint density at radius 1 is 1.20 bits per heavy atom.